The molecule has 110 valence electrons. The minimum Gasteiger partial charge on any atom is -0.480 e. The third-order valence-electron chi connectivity index (χ3n) is 3.06. The highest BCUT2D eigenvalue weighted by Crippen LogP contribution is 2.19. The summed E-state index contributed by atoms with van der Waals surface area (Å²) in [5.74, 6) is 5.88. The Morgan fingerprint density at radius 3 is 2.81 bits per heavy atom. The lowest BCUT2D eigenvalue weighted by Crippen LogP contribution is -2.21. The zero-order chi connectivity index (χ0) is 15.2. The quantitative estimate of drug-likeness (QED) is 0.578. The Bertz CT molecular complexity index is 643. The first-order chi connectivity index (χ1) is 10.1. The lowest BCUT2D eigenvalue weighted by molar-refractivity contribution is -0.118. The van der Waals surface area contributed by atoms with Crippen LogP contribution in [0.5, 0.6) is 5.75 Å². The molecular weight excluding hydrogens is 268 g/mol. The van der Waals surface area contributed by atoms with Crippen LogP contribution in [0.3, 0.4) is 0 Å². The third kappa shape index (κ3) is 3.93. The first-order valence-electron chi connectivity index (χ1n) is 6.51. The summed E-state index contributed by atoms with van der Waals surface area (Å²) in [4.78, 5) is 15.9. The van der Waals surface area contributed by atoms with E-state index in [0.717, 1.165) is 11.3 Å². The van der Waals surface area contributed by atoms with Gasteiger partial charge in [-0.15, -0.1) is 0 Å². The number of hydrogen-bond donors (Lipinski definition) is 3. The summed E-state index contributed by atoms with van der Waals surface area (Å²) < 4.78 is 5.40. The number of carbonyl (C=O) groups excluding carboxylic acids is 1. The van der Waals surface area contributed by atoms with E-state index >= 15 is 0 Å². The standard InChI is InChI=1S/C15H18N4O2/c1-10-5-6-12(8-11(10)2)18-14(20)9-21-13-4-3-7-17-15(13)19-16/h3-8H,9,16H2,1-2H3,(H,17,19)(H,18,20). The number of hydrazine groups is 1. The van der Waals surface area contributed by atoms with Crippen LogP contribution in [-0.2, 0) is 4.79 Å². The van der Waals surface area contributed by atoms with Crippen molar-refractivity contribution in [1.29, 1.82) is 0 Å². The van der Waals surface area contributed by atoms with Gasteiger partial charge < -0.3 is 15.5 Å². The van der Waals surface area contributed by atoms with Crippen molar-refractivity contribution >= 4 is 17.4 Å². The Balaban J connectivity index is 1.94. The van der Waals surface area contributed by atoms with E-state index in [9.17, 15) is 4.79 Å². The van der Waals surface area contributed by atoms with Crippen molar-refractivity contribution < 1.29 is 9.53 Å². The van der Waals surface area contributed by atoms with Crippen LogP contribution < -0.4 is 21.3 Å². The maximum Gasteiger partial charge on any atom is 0.262 e. The fourth-order valence-electron chi connectivity index (χ4n) is 1.77. The number of ether oxygens (including phenoxy) is 1. The molecule has 0 spiro atoms. The van der Waals surface area contributed by atoms with Gasteiger partial charge in [-0.1, -0.05) is 6.07 Å². The Morgan fingerprint density at radius 2 is 2.10 bits per heavy atom. The van der Waals surface area contributed by atoms with Gasteiger partial charge in [0.1, 0.15) is 0 Å². The fourth-order valence-corrected chi connectivity index (χ4v) is 1.77. The van der Waals surface area contributed by atoms with Gasteiger partial charge in [-0.3, -0.25) is 4.79 Å². The van der Waals surface area contributed by atoms with Crippen LogP contribution >= 0.6 is 0 Å². The van der Waals surface area contributed by atoms with Crippen molar-refractivity contribution in [1.82, 2.24) is 4.98 Å². The van der Waals surface area contributed by atoms with Crippen molar-refractivity contribution in [2.45, 2.75) is 13.8 Å². The molecule has 0 aliphatic carbocycles. The van der Waals surface area contributed by atoms with Gasteiger partial charge in [-0.25, -0.2) is 10.8 Å². The molecule has 1 aromatic heterocycles. The monoisotopic (exact) mass is 286 g/mol. The predicted octanol–water partition coefficient (Wildman–Crippen LogP) is 2.00. The maximum absolute atomic E-state index is 11.9. The molecule has 1 amide bonds. The number of anilines is 2. The lowest BCUT2D eigenvalue weighted by atomic mass is 10.1. The van der Waals surface area contributed by atoms with Gasteiger partial charge in [0.15, 0.2) is 18.2 Å². The summed E-state index contributed by atoms with van der Waals surface area (Å²) >= 11 is 0. The van der Waals surface area contributed by atoms with Crippen molar-refractivity contribution in [2.24, 2.45) is 5.84 Å². The van der Waals surface area contributed by atoms with E-state index in [0.29, 0.717) is 11.6 Å². The molecule has 21 heavy (non-hydrogen) atoms. The summed E-state index contributed by atoms with van der Waals surface area (Å²) in [5.41, 5.74) is 5.46. The van der Waals surface area contributed by atoms with Gasteiger partial charge in [0.25, 0.3) is 5.91 Å². The second-order valence-corrected chi connectivity index (χ2v) is 4.63. The Morgan fingerprint density at radius 1 is 1.29 bits per heavy atom. The van der Waals surface area contributed by atoms with E-state index < -0.39 is 0 Å². The molecule has 0 fully saturated rings. The minimum absolute atomic E-state index is 0.118. The summed E-state index contributed by atoms with van der Waals surface area (Å²) in [6.07, 6.45) is 1.58. The van der Waals surface area contributed by atoms with E-state index in [4.69, 9.17) is 10.6 Å². The number of hydrogen-bond acceptors (Lipinski definition) is 5. The topological polar surface area (TPSA) is 89.3 Å². The minimum atomic E-state index is -0.245. The molecule has 0 bridgehead atoms. The summed E-state index contributed by atoms with van der Waals surface area (Å²) in [7, 11) is 0. The zero-order valence-electron chi connectivity index (χ0n) is 12.0. The van der Waals surface area contributed by atoms with Crippen LogP contribution in [0.4, 0.5) is 11.5 Å². The van der Waals surface area contributed by atoms with Gasteiger partial charge in [0.05, 0.1) is 0 Å². The molecule has 6 heteroatoms. The average molecular weight is 286 g/mol. The largest absolute Gasteiger partial charge is 0.480 e. The predicted molar refractivity (Wildman–Crippen MR) is 82.1 cm³/mol. The Kier molecular flexibility index (Phi) is 4.73. The highest BCUT2D eigenvalue weighted by molar-refractivity contribution is 5.92. The molecule has 0 aliphatic heterocycles. The fraction of sp³-hybridized carbons (Fsp3) is 0.200. The number of carbonyl (C=O) groups is 1. The van der Waals surface area contributed by atoms with Gasteiger partial charge in [-0.05, 0) is 49.2 Å². The van der Waals surface area contributed by atoms with E-state index in [1.807, 2.05) is 32.0 Å². The molecule has 2 rings (SSSR count). The number of benzene rings is 1. The van der Waals surface area contributed by atoms with E-state index in [1.165, 1.54) is 5.56 Å². The van der Waals surface area contributed by atoms with Crippen molar-refractivity contribution in [3.05, 3.63) is 47.7 Å². The number of nitrogens with two attached hydrogens (primary N) is 1. The van der Waals surface area contributed by atoms with E-state index in [2.05, 4.69) is 15.7 Å². The second kappa shape index (κ2) is 6.71. The van der Waals surface area contributed by atoms with Crippen LogP contribution in [0.25, 0.3) is 0 Å². The zero-order valence-corrected chi connectivity index (χ0v) is 12.0. The van der Waals surface area contributed by atoms with Crippen LogP contribution in [0.1, 0.15) is 11.1 Å². The number of pyridine rings is 1. The number of amides is 1. The normalized spacial score (nSPS) is 10.0. The van der Waals surface area contributed by atoms with Crippen molar-refractivity contribution in [2.75, 3.05) is 17.3 Å². The Hall–Kier alpha value is -2.60. The molecule has 6 nitrogen and oxygen atoms in total. The molecule has 0 radical (unpaired) electrons. The van der Waals surface area contributed by atoms with Gasteiger partial charge in [0, 0.05) is 11.9 Å². The van der Waals surface area contributed by atoms with Crippen LogP contribution in [0.2, 0.25) is 0 Å². The number of nitrogens with zero attached hydrogens (tertiary/aromatic N) is 1. The van der Waals surface area contributed by atoms with Gasteiger partial charge >= 0.3 is 0 Å². The van der Waals surface area contributed by atoms with Crippen LogP contribution in [0.15, 0.2) is 36.5 Å². The van der Waals surface area contributed by atoms with Crippen molar-refractivity contribution in [3.63, 3.8) is 0 Å². The number of aryl methyl sites for hydroxylation is 2. The van der Waals surface area contributed by atoms with Gasteiger partial charge in [-0.2, -0.15) is 0 Å². The summed E-state index contributed by atoms with van der Waals surface area (Å²) in [6.45, 7) is 3.90. The Labute approximate surface area is 123 Å². The first kappa shape index (κ1) is 14.8. The number of aromatic nitrogens is 1. The molecular formula is C15H18N4O2. The highest BCUT2D eigenvalue weighted by Gasteiger charge is 2.07. The third-order valence-corrected chi connectivity index (χ3v) is 3.06. The molecule has 1 heterocycles. The molecule has 1 aromatic carbocycles. The molecule has 4 N–H and O–H groups in total. The second-order valence-electron chi connectivity index (χ2n) is 4.63. The van der Waals surface area contributed by atoms with E-state index in [-0.39, 0.29) is 12.5 Å². The van der Waals surface area contributed by atoms with Gasteiger partial charge in [0.2, 0.25) is 0 Å². The van der Waals surface area contributed by atoms with E-state index in [1.54, 1.807) is 18.3 Å². The van der Waals surface area contributed by atoms with Crippen LogP contribution in [-0.4, -0.2) is 17.5 Å². The number of nitrogens with one attached hydrogen (secondary N) is 2. The van der Waals surface area contributed by atoms with Crippen molar-refractivity contribution in [3.8, 4) is 5.75 Å². The first-order valence-corrected chi connectivity index (χ1v) is 6.51. The maximum atomic E-state index is 11.9. The average Bonchev–Trinajstić information content (AvgIpc) is 2.49. The molecule has 2 aromatic rings. The number of rotatable bonds is 5. The SMILES string of the molecule is Cc1ccc(NC(=O)COc2cccnc2NN)cc1C. The molecule has 0 saturated carbocycles. The van der Waals surface area contributed by atoms with Crippen LogP contribution in [0, 0.1) is 13.8 Å². The lowest BCUT2D eigenvalue weighted by Gasteiger charge is -2.10. The summed E-state index contributed by atoms with van der Waals surface area (Å²) in [5, 5.41) is 2.78. The number of nitrogen functional groups attached to an aromatic ring is 1. The molecule has 0 atom stereocenters. The molecule has 0 aliphatic rings. The highest BCUT2D eigenvalue weighted by atomic mass is 16.5. The summed E-state index contributed by atoms with van der Waals surface area (Å²) in [6, 6.07) is 9.13. The molecule has 0 saturated heterocycles. The smallest absolute Gasteiger partial charge is 0.262 e. The molecule has 0 unspecified atom stereocenters.